The van der Waals surface area contributed by atoms with Crippen LogP contribution in [0.5, 0.6) is 0 Å². The van der Waals surface area contributed by atoms with E-state index in [1.807, 2.05) is 19.9 Å². The van der Waals surface area contributed by atoms with Crippen LogP contribution < -0.4 is 5.32 Å². The number of aryl methyl sites for hydroxylation is 1. The largest absolute Gasteiger partial charge is 0.362 e. The topological polar surface area (TPSA) is 37.8 Å². The third-order valence-electron chi connectivity index (χ3n) is 2.58. The lowest BCUT2D eigenvalue weighted by Crippen LogP contribution is -2.09. The Morgan fingerprint density at radius 1 is 1.24 bits per heavy atom. The third kappa shape index (κ3) is 2.78. The molecule has 1 atom stereocenters. The summed E-state index contributed by atoms with van der Waals surface area (Å²) in [7, 11) is 0. The molecule has 2 aromatic rings. The van der Waals surface area contributed by atoms with Crippen LogP contribution >= 0.6 is 0 Å². The molecule has 1 N–H and O–H groups in total. The molecule has 0 saturated carbocycles. The fourth-order valence-electron chi connectivity index (χ4n) is 1.61. The van der Waals surface area contributed by atoms with Crippen molar-refractivity contribution in [3.63, 3.8) is 0 Å². The fraction of sp³-hybridized carbons (Fsp3) is 0.231. The summed E-state index contributed by atoms with van der Waals surface area (Å²) >= 11 is 0. The highest BCUT2D eigenvalue weighted by molar-refractivity contribution is 5.41. The first-order valence-corrected chi connectivity index (χ1v) is 5.46. The smallest absolute Gasteiger partial charge is 0.147 e. The first-order chi connectivity index (χ1) is 8.16. The molecule has 0 aliphatic carbocycles. The fourth-order valence-corrected chi connectivity index (χ4v) is 1.61. The third-order valence-corrected chi connectivity index (χ3v) is 2.58. The Morgan fingerprint density at radius 3 is 2.71 bits per heavy atom. The van der Waals surface area contributed by atoms with Crippen molar-refractivity contribution in [3.8, 4) is 0 Å². The summed E-state index contributed by atoms with van der Waals surface area (Å²) in [5.41, 5.74) is 1.71. The summed E-state index contributed by atoms with van der Waals surface area (Å²) in [5.74, 6) is 0.497. The molecule has 88 valence electrons. The molecule has 1 aromatic carbocycles. The standard InChI is InChI=1S/C13H14FN3/c1-9(11-4-3-5-12(14)8-11)17-13-10(2)15-6-7-16-13/h3-9H,1-2H3,(H,16,17). The predicted molar refractivity (Wildman–Crippen MR) is 65.2 cm³/mol. The molecule has 0 saturated heterocycles. The molecule has 4 heteroatoms. The second kappa shape index (κ2) is 4.91. The quantitative estimate of drug-likeness (QED) is 0.882. The van der Waals surface area contributed by atoms with Crippen molar-refractivity contribution in [3.05, 3.63) is 53.7 Å². The molecule has 17 heavy (non-hydrogen) atoms. The van der Waals surface area contributed by atoms with Gasteiger partial charge in [-0.05, 0) is 31.5 Å². The van der Waals surface area contributed by atoms with Gasteiger partial charge in [0, 0.05) is 12.4 Å². The molecule has 1 heterocycles. The Morgan fingerprint density at radius 2 is 2.00 bits per heavy atom. The van der Waals surface area contributed by atoms with Gasteiger partial charge in [-0.2, -0.15) is 0 Å². The van der Waals surface area contributed by atoms with Gasteiger partial charge in [0.2, 0.25) is 0 Å². The molecule has 0 aliphatic heterocycles. The lowest BCUT2D eigenvalue weighted by molar-refractivity contribution is 0.623. The van der Waals surface area contributed by atoms with Crippen molar-refractivity contribution in [2.45, 2.75) is 19.9 Å². The van der Waals surface area contributed by atoms with Crippen molar-refractivity contribution in [2.75, 3.05) is 5.32 Å². The number of aromatic nitrogens is 2. The number of benzene rings is 1. The van der Waals surface area contributed by atoms with Crippen LogP contribution in [-0.4, -0.2) is 9.97 Å². The first kappa shape index (κ1) is 11.5. The highest BCUT2D eigenvalue weighted by Crippen LogP contribution is 2.19. The van der Waals surface area contributed by atoms with E-state index in [4.69, 9.17) is 0 Å². The summed E-state index contributed by atoms with van der Waals surface area (Å²) in [6.07, 6.45) is 3.28. The Kier molecular flexibility index (Phi) is 3.32. The second-order valence-corrected chi connectivity index (χ2v) is 3.91. The molecule has 0 fully saturated rings. The Labute approximate surface area is 99.7 Å². The summed E-state index contributed by atoms with van der Waals surface area (Å²) in [6.45, 7) is 3.84. The van der Waals surface area contributed by atoms with Gasteiger partial charge in [-0.25, -0.2) is 9.37 Å². The Balaban J connectivity index is 2.17. The first-order valence-electron chi connectivity index (χ1n) is 5.46. The van der Waals surface area contributed by atoms with Crippen LogP contribution in [0.25, 0.3) is 0 Å². The highest BCUT2D eigenvalue weighted by Gasteiger charge is 2.08. The number of hydrogen-bond acceptors (Lipinski definition) is 3. The van der Waals surface area contributed by atoms with E-state index in [1.165, 1.54) is 12.1 Å². The maximum atomic E-state index is 13.1. The van der Waals surface area contributed by atoms with E-state index in [2.05, 4.69) is 15.3 Å². The van der Waals surface area contributed by atoms with Gasteiger partial charge in [0.15, 0.2) is 0 Å². The Hall–Kier alpha value is -1.97. The van der Waals surface area contributed by atoms with Gasteiger partial charge >= 0.3 is 0 Å². The van der Waals surface area contributed by atoms with Crippen molar-refractivity contribution < 1.29 is 4.39 Å². The van der Waals surface area contributed by atoms with Crippen LogP contribution in [0.1, 0.15) is 24.2 Å². The molecule has 3 nitrogen and oxygen atoms in total. The summed E-state index contributed by atoms with van der Waals surface area (Å²) in [6, 6.07) is 6.52. The van der Waals surface area contributed by atoms with Crippen LogP contribution in [0.4, 0.5) is 10.2 Å². The average Bonchev–Trinajstić information content (AvgIpc) is 2.32. The monoisotopic (exact) mass is 231 g/mol. The summed E-state index contributed by atoms with van der Waals surface area (Å²) in [5, 5.41) is 3.21. The molecule has 1 aromatic heterocycles. The molecule has 0 aliphatic rings. The van der Waals surface area contributed by atoms with E-state index >= 15 is 0 Å². The molecular formula is C13H14FN3. The normalized spacial score (nSPS) is 12.2. The Bertz CT molecular complexity index is 514. The van der Waals surface area contributed by atoms with Crippen LogP contribution in [0.3, 0.4) is 0 Å². The van der Waals surface area contributed by atoms with Gasteiger partial charge in [-0.3, -0.25) is 4.98 Å². The van der Waals surface area contributed by atoms with Crippen molar-refractivity contribution in [2.24, 2.45) is 0 Å². The van der Waals surface area contributed by atoms with Gasteiger partial charge in [0.1, 0.15) is 11.6 Å². The van der Waals surface area contributed by atoms with E-state index in [1.54, 1.807) is 18.5 Å². The lowest BCUT2D eigenvalue weighted by Gasteiger charge is -2.15. The second-order valence-electron chi connectivity index (χ2n) is 3.91. The van der Waals surface area contributed by atoms with Crippen molar-refractivity contribution >= 4 is 5.82 Å². The van der Waals surface area contributed by atoms with Gasteiger partial charge in [-0.15, -0.1) is 0 Å². The number of rotatable bonds is 3. The average molecular weight is 231 g/mol. The van der Waals surface area contributed by atoms with E-state index in [0.717, 1.165) is 17.1 Å². The van der Waals surface area contributed by atoms with Crippen LogP contribution in [-0.2, 0) is 0 Å². The minimum Gasteiger partial charge on any atom is -0.362 e. The van der Waals surface area contributed by atoms with Crippen molar-refractivity contribution in [1.82, 2.24) is 9.97 Å². The summed E-state index contributed by atoms with van der Waals surface area (Å²) < 4.78 is 13.1. The van der Waals surface area contributed by atoms with Gasteiger partial charge < -0.3 is 5.32 Å². The minimum atomic E-state index is -0.230. The summed E-state index contributed by atoms with van der Waals surface area (Å²) in [4.78, 5) is 8.34. The number of anilines is 1. The van der Waals surface area contributed by atoms with Gasteiger partial charge in [0.05, 0.1) is 11.7 Å². The van der Waals surface area contributed by atoms with E-state index in [0.29, 0.717) is 0 Å². The molecule has 2 rings (SSSR count). The van der Waals surface area contributed by atoms with E-state index in [-0.39, 0.29) is 11.9 Å². The van der Waals surface area contributed by atoms with Crippen molar-refractivity contribution in [1.29, 1.82) is 0 Å². The number of nitrogens with zero attached hydrogens (tertiary/aromatic N) is 2. The molecule has 0 amide bonds. The van der Waals surface area contributed by atoms with Gasteiger partial charge in [-0.1, -0.05) is 12.1 Å². The zero-order chi connectivity index (χ0) is 12.3. The zero-order valence-corrected chi connectivity index (χ0v) is 9.81. The van der Waals surface area contributed by atoms with Crippen LogP contribution in [0, 0.1) is 12.7 Å². The SMILES string of the molecule is Cc1nccnc1NC(C)c1cccc(F)c1. The van der Waals surface area contributed by atoms with Gasteiger partial charge in [0.25, 0.3) is 0 Å². The number of nitrogens with one attached hydrogen (secondary N) is 1. The maximum absolute atomic E-state index is 13.1. The minimum absolute atomic E-state index is 0.0129. The maximum Gasteiger partial charge on any atom is 0.147 e. The molecular weight excluding hydrogens is 217 g/mol. The number of halogens is 1. The lowest BCUT2D eigenvalue weighted by atomic mass is 10.1. The van der Waals surface area contributed by atoms with E-state index < -0.39 is 0 Å². The molecule has 0 bridgehead atoms. The van der Waals surface area contributed by atoms with Crippen LogP contribution in [0.2, 0.25) is 0 Å². The molecule has 0 spiro atoms. The molecule has 0 radical (unpaired) electrons. The van der Waals surface area contributed by atoms with Crippen LogP contribution in [0.15, 0.2) is 36.7 Å². The predicted octanol–water partition coefficient (Wildman–Crippen LogP) is 3.10. The zero-order valence-electron chi connectivity index (χ0n) is 9.81. The number of hydrogen-bond donors (Lipinski definition) is 1. The highest BCUT2D eigenvalue weighted by atomic mass is 19.1. The van der Waals surface area contributed by atoms with E-state index in [9.17, 15) is 4.39 Å². The molecule has 1 unspecified atom stereocenters.